The summed E-state index contributed by atoms with van der Waals surface area (Å²) in [6, 6.07) is 19.7. The minimum Gasteiger partial charge on any atom is -0.508 e. The van der Waals surface area contributed by atoms with Gasteiger partial charge in [0.15, 0.2) is 0 Å². The van der Waals surface area contributed by atoms with Crippen LogP contribution in [0.15, 0.2) is 60.7 Å². The van der Waals surface area contributed by atoms with E-state index in [9.17, 15) is 5.11 Å². The van der Waals surface area contributed by atoms with Crippen molar-refractivity contribution in [2.24, 2.45) is 11.7 Å². The lowest BCUT2D eigenvalue weighted by Gasteiger charge is -2.41. The Balaban J connectivity index is 1.99. The van der Waals surface area contributed by atoms with Crippen LogP contribution < -0.4 is 5.73 Å². The Morgan fingerprint density at radius 3 is 2.31 bits per heavy atom. The number of hydrogen-bond donors (Lipinski definition) is 2. The monoisotopic (exact) mass is 365 g/mol. The standard InChI is InChI=1S/C23H24ClNO/c24-19-13-11-18(12-14-19)23(25,17-7-2-1-3-8-17)22-20-9-5-4-6-16(20)10-15-21(22)26/h4-6,9-15,17,26H,1-3,7-8,25H2. The Kier molecular flexibility index (Phi) is 4.64. The smallest absolute Gasteiger partial charge is 0.121 e. The number of phenolic OH excluding ortho intramolecular Hbond substituents is 1. The van der Waals surface area contributed by atoms with Crippen molar-refractivity contribution in [3.63, 3.8) is 0 Å². The Labute approximate surface area is 159 Å². The molecule has 3 N–H and O–H groups in total. The van der Waals surface area contributed by atoms with Crippen LogP contribution in [-0.2, 0) is 5.54 Å². The van der Waals surface area contributed by atoms with Crippen LogP contribution in [0, 0.1) is 5.92 Å². The topological polar surface area (TPSA) is 46.2 Å². The van der Waals surface area contributed by atoms with Crippen molar-refractivity contribution in [1.82, 2.24) is 0 Å². The maximum Gasteiger partial charge on any atom is 0.121 e. The summed E-state index contributed by atoms with van der Waals surface area (Å²) in [4.78, 5) is 0. The van der Waals surface area contributed by atoms with E-state index in [4.69, 9.17) is 17.3 Å². The van der Waals surface area contributed by atoms with E-state index in [1.54, 1.807) is 6.07 Å². The Morgan fingerprint density at radius 2 is 1.58 bits per heavy atom. The molecule has 3 aromatic rings. The van der Waals surface area contributed by atoms with Crippen molar-refractivity contribution in [3.05, 3.63) is 76.8 Å². The second-order valence-corrected chi connectivity index (χ2v) is 7.83. The first-order chi connectivity index (χ1) is 12.6. The van der Waals surface area contributed by atoms with Crippen LogP contribution >= 0.6 is 11.6 Å². The minimum absolute atomic E-state index is 0.270. The number of rotatable bonds is 3. The molecule has 3 aromatic carbocycles. The molecule has 0 amide bonds. The predicted molar refractivity (Wildman–Crippen MR) is 109 cm³/mol. The molecule has 1 unspecified atom stereocenters. The largest absolute Gasteiger partial charge is 0.508 e. The Bertz CT molecular complexity index is 915. The molecule has 0 aromatic heterocycles. The highest BCUT2D eigenvalue weighted by molar-refractivity contribution is 6.30. The first kappa shape index (κ1) is 17.4. The molecule has 1 saturated carbocycles. The molecule has 134 valence electrons. The van der Waals surface area contributed by atoms with E-state index in [0.29, 0.717) is 5.02 Å². The summed E-state index contributed by atoms with van der Waals surface area (Å²) < 4.78 is 0. The minimum atomic E-state index is -0.740. The van der Waals surface area contributed by atoms with E-state index >= 15 is 0 Å². The van der Waals surface area contributed by atoms with Gasteiger partial charge in [-0.15, -0.1) is 0 Å². The molecule has 0 heterocycles. The molecule has 4 rings (SSSR count). The number of fused-ring (bicyclic) bond motifs is 1. The first-order valence-electron chi connectivity index (χ1n) is 9.37. The highest BCUT2D eigenvalue weighted by Crippen LogP contribution is 2.47. The van der Waals surface area contributed by atoms with Crippen LogP contribution in [0.25, 0.3) is 10.8 Å². The summed E-state index contributed by atoms with van der Waals surface area (Å²) in [5.74, 6) is 0.556. The molecule has 3 heteroatoms. The fraction of sp³-hybridized carbons (Fsp3) is 0.304. The highest BCUT2D eigenvalue weighted by atomic mass is 35.5. The van der Waals surface area contributed by atoms with Gasteiger partial charge >= 0.3 is 0 Å². The third-order valence-corrected chi connectivity index (χ3v) is 6.14. The zero-order valence-corrected chi connectivity index (χ0v) is 15.5. The molecule has 26 heavy (non-hydrogen) atoms. The molecule has 2 nitrogen and oxygen atoms in total. The third kappa shape index (κ3) is 2.87. The average molecular weight is 366 g/mol. The van der Waals surface area contributed by atoms with Crippen LogP contribution in [0.3, 0.4) is 0 Å². The zero-order chi connectivity index (χ0) is 18.1. The number of nitrogens with two attached hydrogens (primary N) is 1. The van der Waals surface area contributed by atoms with Crippen LogP contribution in [0.2, 0.25) is 5.02 Å². The SMILES string of the molecule is NC(c1ccc(Cl)cc1)(c1c(O)ccc2ccccc12)C1CCCCC1. The van der Waals surface area contributed by atoms with Gasteiger partial charge in [0.2, 0.25) is 0 Å². The number of halogens is 1. The summed E-state index contributed by atoms with van der Waals surface area (Å²) in [5.41, 5.74) is 8.34. The fourth-order valence-electron chi connectivity index (χ4n) is 4.56. The quantitative estimate of drug-likeness (QED) is 0.599. The molecular weight excluding hydrogens is 342 g/mol. The van der Waals surface area contributed by atoms with Crippen LogP contribution in [0.4, 0.5) is 0 Å². The maximum absolute atomic E-state index is 10.9. The van der Waals surface area contributed by atoms with Crippen molar-refractivity contribution < 1.29 is 5.11 Å². The molecule has 0 bridgehead atoms. The van der Waals surface area contributed by atoms with Gasteiger partial charge in [-0.3, -0.25) is 0 Å². The molecule has 1 aliphatic rings. The molecule has 0 radical (unpaired) electrons. The van der Waals surface area contributed by atoms with Gasteiger partial charge in [-0.25, -0.2) is 0 Å². The zero-order valence-electron chi connectivity index (χ0n) is 14.8. The van der Waals surface area contributed by atoms with Crippen molar-refractivity contribution >= 4 is 22.4 Å². The van der Waals surface area contributed by atoms with E-state index in [1.807, 2.05) is 42.5 Å². The molecule has 1 aliphatic carbocycles. The fourth-order valence-corrected chi connectivity index (χ4v) is 4.69. The summed E-state index contributed by atoms with van der Waals surface area (Å²) in [6.45, 7) is 0. The van der Waals surface area contributed by atoms with Crippen LogP contribution in [0.1, 0.15) is 43.2 Å². The van der Waals surface area contributed by atoms with Crippen molar-refractivity contribution in [2.45, 2.75) is 37.6 Å². The van der Waals surface area contributed by atoms with Gasteiger partial charge in [0.25, 0.3) is 0 Å². The van der Waals surface area contributed by atoms with Crippen LogP contribution in [0.5, 0.6) is 5.75 Å². The van der Waals surface area contributed by atoms with Crippen molar-refractivity contribution in [1.29, 1.82) is 0 Å². The summed E-state index contributed by atoms with van der Waals surface area (Å²) in [7, 11) is 0. The van der Waals surface area contributed by atoms with E-state index < -0.39 is 5.54 Å². The molecule has 0 saturated heterocycles. The molecule has 0 aliphatic heterocycles. The van der Waals surface area contributed by atoms with Gasteiger partial charge < -0.3 is 10.8 Å². The normalized spacial score (nSPS) is 17.9. The van der Waals surface area contributed by atoms with Crippen molar-refractivity contribution in [3.8, 4) is 5.75 Å². The Morgan fingerprint density at radius 1 is 0.885 bits per heavy atom. The average Bonchev–Trinajstić information content (AvgIpc) is 2.68. The highest BCUT2D eigenvalue weighted by Gasteiger charge is 2.41. The first-order valence-corrected chi connectivity index (χ1v) is 9.74. The lowest BCUT2D eigenvalue weighted by atomic mass is 9.67. The van der Waals surface area contributed by atoms with Gasteiger partial charge in [0.1, 0.15) is 5.75 Å². The third-order valence-electron chi connectivity index (χ3n) is 5.89. The lowest BCUT2D eigenvalue weighted by molar-refractivity contribution is 0.240. The maximum atomic E-state index is 10.9. The molecule has 1 fully saturated rings. The molecular formula is C23H24ClNO. The van der Waals surface area contributed by atoms with E-state index in [0.717, 1.165) is 34.7 Å². The van der Waals surface area contributed by atoms with E-state index in [-0.39, 0.29) is 11.7 Å². The predicted octanol–water partition coefficient (Wildman–Crippen LogP) is 5.98. The van der Waals surface area contributed by atoms with Crippen LogP contribution in [-0.4, -0.2) is 5.11 Å². The number of hydrogen-bond acceptors (Lipinski definition) is 2. The number of aromatic hydroxyl groups is 1. The van der Waals surface area contributed by atoms with Gasteiger partial charge in [-0.05, 0) is 53.3 Å². The number of benzene rings is 3. The van der Waals surface area contributed by atoms with Gasteiger partial charge in [0, 0.05) is 10.6 Å². The molecule has 1 atom stereocenters. The number of phenols is 1. The van der Waals surface area contributed by atoms with Gasteiger partial charge in [-0.2, -0.15) is 0 Å². The summed E-state index contributed by atoms with van der Waals surface area (Å²) in [5, 5.41) is 13.7. The van der Waals surface area contributed by atoms with E-state index in [1.165, 1.54) is 19.3 Å². The van der Waals surface area contributed by atoms with E-state index in [2.05, 4.69) is 12.1 Å². The van der Waals surface area contributed by atoms with Gasteiger partial charge in [-0.1, -0.05) is 73.3 Å². The Hall–Kier alpha value is -2.03. The van der Waals surface area contributed by atoms with Crippen molar-refractivity contribution in [2.75, 3.05) is 0 Å². The lowest BCUT2D eigenvalue weighted by Crippen LogP contribution is -2.46. The second-order valence-electron chi connectivity index (χ2n) is 7.39. The summed E-state index contributed by atoms with van der Waals surface area (Å²) >= 11 is 6.13. The van der Waals surface area contributed by atoms with Gasteiger partial charge in [0.05, 0.1) is 5.54 Å². The second kappa shape index (κ2) is 6.94. The molecule has 0 spiro atoms. The summed E-state index contributed by atoms with van der Waals surface area (Å²) in [6.07, 6.45) is 5.77.